The molecule has 2 nitrogen and oxygen atoms in total. The molecule has 5 heteroatoms. The van der Waals surface area contributed by atoms with Crippen molar-refractivity contribution in [1.29, 1.82) is 5.39 Å². The lowest BCUT2D eigenvalue weighted by atomic mass is 10.2. The molecule has 0 saturated carbocycles. The lowest BCUT2D eigenvalue weighted by molar-refractivity contribution is 1.38. The van der Waals surface area contributed by atoms with Crippen molar-refractivity contribution in [3.05, 3.63) is 29.7 Å². The summed E-state index contributed by atoms with van der Waals surface area (Å²) in [6.07, 6.45) is 0. The van der Waals surface area contributed by atoms with Crippen molar-refractivity contribution in [2.45, 2.75) is 6.92 Å². The molecule has 1 rings (SSSR count). The van der Waals surface area contributed by atoms with Gasteiger partial charge in [-0.3, -0.25) is 0 Å². The normalized spacial score (nSPS) is 9.58. The predicted molar refractivity (Wildman–Crippen MR) is 61.4 cm³/mol. The number of halogens is 3. The van der Waals surface area contributed by atoms with Gasteiger partial charge in [0.05, 0.1) is 16.7 Å². The van der Waals surface area contributed by atoms with E-state index in [1.165, 1.54) is 0 Å². The Morgan fingerprint density at radius 3 is 2.75 bits per heavy atom. The third kappa shape index (κ3) is 1.73. The molecule has 0 aliphatic rings. The van der Waals surface area contributed by atoms with Crippen molar-refractivity contribution in [1.82, 2.24) is 0 Å². The van der Waals surface area contributed by atoms with Crippen LogP contribution in [0.2, 0.25) is 5.02 Å². The van der Waals surface area contributed by atoms with Gasteiger partial charge in [0.25, 0.3) is 0 Å². The third-order valence-electron chi connectivity index (χ3n) is 1.49. The second-order valence-electron chi connectivity index (χ2n) is 2.23. The fourth-order valence-corrected chi connectivity index (χ4v) is 2.07. The van der Waals surface area contributed by atoms with Gasteiger partial charge < -0.3 is 0 Å². The molecule has 12 heavy (non-hydrogen) atoms. The Labute approximate surface area is 97.2 Å². The summed E-state index contributed by atoms with van der Waals surface area (Å²) in [5.41, 5.74) is 1.37. The molecule has 0 bridgehead atoms. The Balaban J connectivity index is 3.52. The van der Waals surface area contributed by atoms with Crippen LogP contribution in [0.3, 0.4) is 0 Å². The molecular weight excluding hydrogens is 354 g/mol. The van der Waals surface area contributed by atoms with Gasteiger partial charge in [0.1, 0.15) is 0 Å². The van der Waals surface area contributed by atoms with Crippen LogP contribution in [0, 0.1) is 15.9 Å². The Morgan fingerprint density at radius 2 is 2.25 bits per heavy atom. The SMILES string of the molecule is Cc1c([N+]#N)cc(Cl)c(I)c1Br. The molecule has 0 fully saturated rings. The van der Waals surface area contributed by atoms with Crippen LogP contribution in [-0.2, 0) is 0 Å². The number of rotatable bonds is 0. The summed E-state index contributed by atoms with van der Waals surface area (Å²) < 4.78 is 1.81. The molecule has 0 spiro atoms. The van der Waals surface area contributed by atoms with Crippen LogP contribution in [0.15, 0.2) is 10.5 Å². The first-order valence-corrected chi connectivity index (χ1v) is 5.32. The summed E-state index contributed by atoms with van der Waals surface area (Å²) in [6, 6.07) is 1.63. The molecule has 0 unspecified atom stereocenters. The van der Waals surface area contributed by atoms with E-state index in [1.54, 1.807) is 6.07 Å². The van der Waals surface area contributed by atoms with Crippen LogP contribution in [-0.4, -0.2) is 0 Å². The summed E-state index contributed by atoms with van der Waals surface area (Å²) >= 11 is 11.3. The molecule has 0 radical (unpaired) electrons. The Hall–Kier alpha value is 0.140. The third-order valence-corrected chi connectivity index (χ3v) is 4.96. The van der Waals surface area contributed by atoms with E-state index < -0.39 is 0 Å². The Kier molecular flexibility index (Phi) is 3.32. The van der Waals surface area contributed by atoms with Crippen LogP contribution in [0.5, 0.6) is 0 Å². The van der Waals surface area contributed by atoms with E-state index in [0.29, 0.717) is 10.7 Å². The van der Waals surface area contributed by atoms with E-state index >= 15 is 0 Å². The number of diazo groups is 1. The van der Waals surface area contributed by atoms with E-state index in [9.17, 15) is 0 Å². The minimum absolute atomic E-state index is 0.493. The van der Waals surface area contributed by atoms with Gasteiger partial charge in [-0.05, 0) is 45.4 Å². The van der Waals surface area contributed by atoms with Gasteiger partial charge in [-0.1, -0.05) is 11.6 Å². The summed E-state index contributed by atoms with van der Waals surface area (Å²) in [5, 5.41) is 9.19. The molecule has 62 valence electrons. The van der Waals surface area contributed by atoms with Gasteiger partial charge in [-0.25, -0.2) is 0 Å². The topological polar surface area (TPSA) is 28.1 Å². The van der Waals surface area contributed by atoms with Gasteiger partial charge in [0.2, 0.25) is 5.39 Å². The lowest BCUT2D eigenvalue weighted by Crippen LogP contribution is -1.82. The fraction of sp³-hybridized carbons (Fsp3) is 0.143. The van der Waals surface area contributed by atoms with Crippen LogP contribution >= 0.6 is 50.1 Å². The molecule has 0 amide bonds. The van der Waals surface area contributed by atoms with Crippen LogP contribution in [0.1, 0.15) is 5.56 Å². The first kappa shape index (κ1) is 10.2. The van der Waals surface area contributed by atoms with Gasteiger partial charge in [0.15, 0.2) is 4.98 Å². The van der Waals surface area contributed by atoms with Crippen LogP contribution < -0.4 is 0 Å². The summed E-state index contributed by atoms with van der Waals surface area (Å²) in [7, 11) is 0. The monoisotopic (exact) mass is 357 g/mol. The molecule has 0 aromatic heterocycles. The molecule has 0 atom stereocenters. The Morgan fingerprint density at radius 1 is 1.67 bits per heavy atom. The minimum Gasteiger partial charge on any atom is -0.0828 e. The van der Waals surface area contributed by atoms with Gasteiger partial charge in [-0.2, -0.15) is 0 Å². The highest BCUT2D eigenvalue weighted by Crippen LogP contribution is 2.35. The van der Waals surface area contributed by atoms with Gasteiger partial charge in [-0.15, -0.1) is 0 Å². The van der Waals surface area contributed by atoms with E-state index in [4.69, 9.17) is 17.0 Å². The van der Waals surface area contributed by atoms with E-state index in [2.05, 4.69) is 43.5 Å². The quantitative estimate of drug-likeness (QED) is 0.381. The number of hydrogen-bond acceptors (Lipinski definition) is 1. The second-order valence-corrected chi connectivity index (χ2v) is 4.51. The molecule has 1 aromatic rings. The Bertz CT molecular complexity index is 373. The van der Waals surface area contributed by atoms with Gasteiger partial charge >= 0.3 is 5.69 Å². The first-order valence-electron chi connectivity index (χ1n) is 3.07. The molecule has 0 N–H and O–H groups in total. The predicted octanol–water partition coefficient (Wildman–Crippen LogP) is 4.50. The zero-order valence-electron chi connectivity index (χ0n) is 6.11. The van der Waals surface area contributed by atoms with Crippen molar-refractivity contribution >= 4 is 55.8 Å². The largest absolute Gasteiger partial charge is 0.390 e. The zero-order chi connectivity index (χ0) is 9.30. The molecule has 1 aromatic carbocycles. The van der Waals surface area contributed by atoms with Crippen molar-refractivity contribution in [2.75, 3.05) is 0 Å². The van der Waals surface area contributed by atoms with Crippen molar-refractivity contribution in [2.24, 2.45) is 0 Å². The average molecular weight is 358 g/mol. The van der Waals surface area contributed by atoms with E-state index in [-0.39, 0.29) is 0 Å². The number of hydrogen-bond donors (Lipinski definition) is 0. The highest BCUT2D eigenvalue weighted by atomic mass is 127. The molecular formula is C7H4BrClIN2+. The summed E-state index contributed by atoms with van der Waals surface area (Å²) in [5.74, 6) is 0. The average Bonchev–Trinajstić information content (AvgIpc) is 2.08. The fourth-order valence-electron chi connectivity index (χ4n) is 0.777. The van der Waals surface area contributed by atoms with E-state index in [1.807, 2.05) is 6.92 Å². The lowest BCUT2D eigenvalue weighted by Gasteiger charge is -1.99. The summed E-state index contributed by atoms with van der Waals surface area (Å²) in [6.45, 7) is 1.86. The maximum Gasteiger partial charge on any atom is 0.390 e. The maximum absolute atomic E-state index is 8.60. The molecule has 0 saturated heterocycles. The van der Waals surface area contributed by atoms with E-state index in [0.717, 1.165) is 13.6 Å². The highest BCUT2D eigenvalue weighted by molar-refractivity contribution is 14.1. The van der Waals surface area contributed by atoms with Crippen LogP contribution in [0.4, 0.5) is 5.69 Å². The molecule has 0 heterocycles. The second kappa shape index (κ2) is 3.90. The van der Waals surface area contributed by atoms with Crippen molar-refractivity contribution in [3.8, 4) is 0 Å². The van der Waals surface area contributed by atoms with Crippen LogP contribution in [0.25, 0.3) is 4.98 Å². The standard InChI is InChI=1S/C7H4BrClIN2/c1-3-5(12-11)2-4(9)7(10)6(3)8/h2H,1H3/q+1. The van der Waals surface area contributed by atoms with Crippen molar-refractivity contribution < 1.29 is 0 Å². The van der Waals surface area contributed by atoms with Crippen molar-refractivity contribution in [3.63, 3.8) is 0 Å². The zero-order valence-corrected chi connectivity index (χ0v) is 10.6. The minimum atomic E-state index is 0.493. The maximum atomic E-state index is 8.60. The number of benzene rings is 1. The van der Waals surface area contributed by atoms with Gasteiger partial charge in [0, 0.05) is 8.04 Å². The number of nitrogens with zero attached hydrogens (tertiary/aromatic N) is 2. The molecule has 0 aliphatic carbocycles. The highest BCUT2D eigenvalue weighted by Gasteiger charge is 2.18. The summed E-state index contributed by atoms with van der Waals surface area (Å²) in [4.78, 5) is 3.12. The molecule has 0 aliphatic heterocycles. The first-order chi connectivity index (χ1) is 5.57. The smallest absolute Gasteiger partial charge is 0.0828 e.